The summed E-state index contributed by atoms with van der Waals surface area (Å²) in [6, 6.07) is 13.0. The number of nitrogens with zero attached hydrogens (tertiary/aromatic N) is 2. The van der Waals surface area contributed by atoms with Crippen molar-refractivity contribution in [1.29, 1.82) is 0 Å². The lowest BCUT2D eigenvalue weighted by Gasteiger charge is -2.31. The average Bonchev–Trinajstić information content (AvgIpc) is 3.32. The Bertz CT molecular complexity index is 1060. The SMILES string of the molecule is COc1cccc(OC)c1OCC(=O)N1CCCC(c2ncc(Cc3ccc(Cl)cc3)o2)C1. The van der Waals surface area contributed by atoms with Gasteiger partial charge in [-0.15, -0.1) is 0 Å². The molecule has 3 aromatic rings. The molecule has 7 nitrogen and oxygen atoms in total. The number of likely N-dealkylation sites (tertiary alicyclic amines) is 1. The number of aromatic nitrogens is 1. The molecule has 1 atom stereocenters. The summed E-state index contributed by atoms with van der Waals surface area (Å²) >= 11 is 5.96. The summed E-state index contributed by atoms with van der Waals surface area (Å²) in [5.41, 5.74) is 1.10. The van der Waals surface area contributed by atoms with Gasteiger partial charge in [0.05, 0.1) is 26.3 Å². The molecular weight excluding hydrogens is 444 g/mol. The number of hydrogen-bond acceptors (Lipinski definition) is 6. The fraction of sp³-hybridized carbons (Fsp3) is 0.360. The van der Waals surface area contributed by atoms with Crippen molar-refractivity contribution in [2.45, 2.75) is 25.2 Å². The second-order valence-electron chi connectivity index (χ2n) is 7.93. The van der Waals surface area contributed by atoms with Gasteiger partial charge in [-0.05, 0) is 42.7 Å². The van der Waals surface area contributed by atoms with E-state index in [0.29, 0.717) is 47.7 Å². The Labute approximate surface area is 198 Å². The number of hydrogen-bond donors (Lipinski definition) is 0. The summed E-state index contributed by atoms with van der Waals surface area (Å²) < 4.78 is 22.5. The Hall–Kier alpha value is -3.19. The Morgan fingerprint density at radius 3 is 2.58 bits per heavy atom. The van der Waals surface area contributed by atoms with Gasteiger partial charge in [-0.3, -0.25) is 4.79 Å². The molecule has 0 aliphatic carbocycles. The molecular formula is C25H27ClN2O5. The van der Waals surface area contributed by atoms with E-state index in [-0.39, 0.29) is 18.4 Å². The van der Waals surface area contributed by atoms with Crippen molar-refractivity contribution in [2.24, 2.45) is 0 Å². The van der Waals surface area contributed by atoms with Crippen LogP contribution in [0.2, 0.25) is 5.02 Å². The van der Waals surface area contributed by atoms with Crippen LogP contribution >= 0.6 is 11.6 Å². The zero-order valence-electron chi connectivity index (χ0n) is 18.8. The van der Waals surface area contributed by atoms with Crippen molar-refractivity contribution in [3.63, 3.8) is 0 Å². The second-order valence-corrected chi connectivity index (χ2v) is 8.36. The highest BCUT2D eigenvalue weighted by Crippen LogP contribution is 2.37. The van der Waals surface area contributed by atoms with E-state index in [1.165, 1.54) is 0 Å². The molecule has 8 heteroatoms. The lowest BCUT2D eigenvalue weighted by Crippen LogP contribution is -2.41. The van der Waals surface area contributed by atoms with Crippen molar-refractivity contribution in [3.05, 3.63) is 70.9 Å². The van der Waals surface area contributed by atoms with Gasteiger partial charge >= 0.3 is 0 Å². The number of methoxy groups -OCH3 is 2. The number of oxazole rings is 1. The summed E-state index contributed by atoms with van der Waals surface area (Å²) in [7, 11) is 3.10. The molecule has 1 aliphatic rings. The molecule has 0 bridgehead atoms. The molecule has 0 N–H and O–H groups in total. The van der Waals surface area contributed by atoms with E-state index in [1.54, 1.807) is 43.5 Å². The summed E-state index contributed by atoms with van der Waals surface area (Å²) in [5, 5.41) is 0.706. The van der Waals surface area contributed by atoms with E-state index >= 15 is 0 Å². The third-order valence-electron chi connectivity index (χ3n) is 5.71. The monoisotopic (exact) mass is 470 g/mol. The van der Waals surface area contributed by atoms with Gasteiger partial charge in [0.25, 0.3) is 5.91 Å². The molecule has 1 unspecified atom stereocenters. The van der Waals surface area contributed by atoms with Crippen molar-refractivity contribution in [2.75, 3.05) is 33.9 Å². The van der Waals surface area contributed by atoms with Crippen molar-refractivity contribution in [3.8, 4) is 17.2 Å². The topological polar surface area (TPSA) is 74.0 Å². The molecule has 2 heterocycles. The van der Waals surface area contributed by atoms with Gasteiger partial charge in [-0.25, -0.2) is 4.98 Å². The summed E-state index contributed by atoms with van der Waals surface area (Å²) in [5.74, 6) is 2.89. The largest absolute Gasteiger partial charge is 0.493 e. The molecule has 0 spiro atoms. The van der Waals surface area contributed by atoms with Crippen LogP contribution in [0.4, 0.5) is 0 Å². The third-order valence-corrected chi connectivity index (χ3v) is 5.96. The van der Waals surface area contributed by atoms with Gasteiger partial charge in [0.2, 0.25) is 5.75 Å². The first-order valence-corrected chi connectivity index (χ1v) is 11.3. The molecule has 1 aromatic heterocycles. The number of rotatable bonds is 8. The van der Waals surface area contributed by atoms with Crippen LogP contribution in [-0.2, 0) is 11.2 Å². The fourth-order valence-electron chi connectivity index (χ4n) is 3.99. The van der Waals surface area contributed by atoms with Gasteiger partial charge < -0.3 is 23.5 Å². The quantitative estimate of drug-likeness (QED) is 0.474. The first-order valence-electron chi connectivity index (χ1n) is 10.9. The predicted octanol–water partition coefficient (Wildman–Crippen LogP) is 4.72. The minimum atomic E-state index is -0.100. The number of para-hydroxylation sites is 1. The van der Waals surface area contributed by atoms with Gasteiger partial charge in [-0.1, -0.05) is 29.8 Å². The number of carbonyl (C=O) groups excluding carboxylic acids is 1. The Morgan fingerprint density at radius 2 is 1.88 bits per heavy atom. The van der Waals surface area contributed by atoms with Crippen molar-refractivity contribution < 1.29 is 23.4 Å². The van der Waals surface area contributed by atoms with Gasteiger partial charge in [-0.2, -0.15) is 0 Å². The maximum atomic E-state index is 12.9. The van der Waals surface area contributed by atoms with Crippen LogP contribution in [0.1, 0.15) is 36.0 Å². The first kappa shape index (κ1) is 23.0. The molecule has 2 aromatic carbocycles. The molecule has 1 amide bonds. The summed E-state index contributed by atoms with van der Waals surface area (Å²) in [6.07, 6.45) is 4.21. The van der Waals surface area contributed by atoms with E-state index in [9.17, 15) is 4.79 Å². The first-order chi connectivity index (χ1) is 16.1. The fourth-order valence-corrected chi connectivity index (χ4v) is 4.11. The molecule has 1 saturated heterocycles. The molecule has 0 radical (unpaired) electrons. The Kier molecular flexibility index (Phi) is 7.40. The van der Waals surface area contributed by atoms with Crippen LogP contribution in [-0.4, -0.2) is 49.7 Å². The van der Waals surface area contributed by atoms with Crippen LogP contribution < -0.4 is 14.2 Å². The van der Waals surface area contributed by atoms with Crippen LogP contribution in [0.15, 0.2) is 53.1 Å². The number of halogens is 1. The number of amides is 1. The minimum absolute atomic E-state index is 0.0578. The minimum Gasteiger partial charge on any atom is -0.493 e. The summed E-state index contributed by atoms with van der Waals surface area (Å²) in [4.78, 5) is 19.2. The van der Waals surface area contributed by atoms with Gasteiger partial charge in [0.15, 0.2) is 24.0 Å². The van der Waals surface area contributed by atoms with Crippen LogP contribution in [0.25, 0.3) is 0 Å². The third kappa shape index (κ3) is 5.60. The van der Waals surface area contributed by atoms with Crippen LogP contribution in [0, 0.1) is 0 Å². The van der Waals surface area contributed by atoms with E-state index in [4.69, 9.17) is 30.2 Å². The number of carbonyl (C=O) groups is 1. The van der Waals surface area contributed by atoms with E-state index in [2.05, 4.69) is 4.98 Å². The van der Waals surface area contributed by atoms with Crippen molar-refractivity contribution >= 4 is 17.5 Å². The lowest BCUT2D eigenvalue weighted by molar-refractivity contribution is -0.134. The van der Waals surface area contributed by atoms with Gasteiger partial charge in [0.1, 0.15) is 5.76 Å². The molecule has 0 saturated carbocycles. The lowest BCUT2D eigenvalue weighted by atomic mass is 9.98. The van der Waals surface area contributed by atoms with Crippen LogP contribution in [0.5, 0.6) is 17.2 Å². The summed E-state index contributed by atoms with van der Waals surface area (Å²) in [6.45, 7) is 1.13. The Balaban J connectivity index is 1.36. The normalized spacial score (nSPS) is 15.8. The molecule has 1 aliphatic heterocycles. The predicted molar refractivity (Wildman–Crippen MR) is 124 cm³/mol. The smallest absolute Gasteiger partial charge is 0.260 e. The Morgan fingerprint density at radius 1 is 1.15 bits per heavy atom. The van der Waals surface area contributed by atoms with E-state index in [0.717, 1.165) is 24.2 Å². The second kappa shape index (κ2) is 10.6. The number of benzene rings is 2. The van der Waals surface area contributed by atoms with Gasteiger partial charge in [0, 0.05) is 24.5 Å². The standard InChI is InChI=1S/C25H27ClN2O5/c1-30-21-6-3-7-22(31-2)24(21)32-16-23(29)28-12-4-5-18(15-28)25-27-14-20(33-25)13-17-8-10-19(26)11-9-17/h3,6-11,14,18H,4-5,12-13,15-16H2,1-2H3. The van der Waals surface area contributed by atoms with E-state index in [1.807, 2.05) is 24.3 Å². The maximum absolute atomic E-state index is 12.9. The number of ether oxygens (including phenoxy) is 3. The molecule has 4 rings (SSSR count). The highest BCUT2D eigenvalue weighted by Gasteiger charge is 2.28. The number of piperidine rings is 1. The molecule has 174 valence electrons. The van der Waals surface area contributed by atoms with E-state index < -0.39 is 0 Å². The highest BCUT2D eigenvalue weighted by molar-refractivity contribution is 6.30. The molecule has 1 fully saturated rings. The highest BCUT2D eigenvalue weighted by atomic mass is 35.5. The zero-order valence-corrected chi connectivity index (χ0v) is 19.5. The maximum Gasteiger partial charge on any atom is 0.260 e. The van der Waals surface area contributed by atoms with Crippen LogP contribution in [0.3, 0.4) is 0 Å². The molecule has 33 heavy (non-hydrogen) atoms. The van der Waals surface area contributed by atoms with Crippen molar-refractivity contribution in [1.82, 2.24) is 9.88 Å². The zero-order chi connectivity index (χ0) is 23.2. The average molecular weight is 471 g/mol.